The van der Waals surface area contributed by atoms with Crippen molar-refractivity contribution in [3.8, 4) is 0 Å². The fraction of sp³-hybridized carbons (Fsp3) is 0.429. The molecule has 1 aliphatic rings. The third-order valence-electron chi connectivity index (χ3n) is 3.46. The van der Waals surface area contributed by atoms with Crippen molar-refractivity contribution in [1.82, 2.24) is 4.31 Å². The van der Waals surface area contributed by atoms with Crippen LogP contribution >= 0.6 is 0 Å². The third-order valence-corrected chi connectivity index (χ3v) is 5.32. The molecular formula is C14H17FN2O5S. The first-order valence-electron chi connectivity index (χ1n) is 7.10. The van der Waals surface area contributed by atoms with Crippen molar-refractivity contribution >= 4 is 27.6 Å². The molecule has 1 heterocycles. The van der Waals surface area contributed by atoms with Crippen molar-refractivity contribution < 1.29 is 27.5 Å². The number of amides is 1. The van der Waals surface area contributed by atoms with Gasteiger partial charge in [0.25, 0.3) is 0 Å². The van der Waals surface area contributed by atoms with Gasteiger partial charge in [-0.25, -0.2) is 12.8 Å². The third kappa shape index (κ3) is 3.67. The smallest absolute Gasteiger partial charge is 0.318 e. The number of nitrogens with zero attached hydrogens (tertiary/aromatic N) is 1. The van der Waals surface area contributed by atoms with E-state index in [1.807, 2.05) is 0 Å². The molecular weight excluding hydrogens is 327 g/mol. The van der Waals surface area contributed by atoms with Gasteiger partial charge in [0.2, 0.25) is 15.9 Å². The lowest BCUT2D eigenvalue weighted by molar-refractivity contribution is -0.137. The first kappa shape index (κ1) is 17.4. The van der Waals surface area contributed by atoms with Crippen molar-refractivity contribution in [3.05, 3.63) is 23.5 Å². The van der Waals surface area contributed by atoms with Gasteiger partial charge in [0, 0.05) is 18.7 Å². The largest absolute Gasteiger partial charge is 0.480 e. The average molecular weight is 344 g/mol. The van der Waals surface area contributed by atoms with E-state index in [1.165, 1.54) is 6.07 Å². The molecule has 0 spiro atoms. The van der Waals surface area contributed by atoms with Crippen LogP contribution in [0.2, 0.25) is 0 Å². The van der Waals surface area contributed by atoms with Crippen LogP contribution in [0.4, 0.5) is 10.1 Å². The van der Waals surface area contributed by atoms with Crippen LogP contribution in [0.25, 0.3) is 0 Å². The number of aliphatic carboxylic acids is 1. The number of hydrogen-bond acceptors (Lipinski definition) is 4. The maximum absolute atomic E-state index is 14.2. The summed E-state index contributed by atoms with van der Waals surface area (Å²) in [7, 11) is -4.27. The molecule has 0 radical (unpaired) electrons. The predicted molar refractivity (Wildman–Crippen MR) is 80.0 cm³/mol. The van der Waals surface area contributed by atoms with E-state index < -0.39 is 33.3 Å². The number of hydrogen-bond donors (Lipinski definition) is 2. The number of benzene rings is 1. The van der Waals surface area contributed by atoms with E-state index in [1.54, 1.807) is 6.92 Å². The maximum atomic E-state index is 14.2. The van der Waals surface area contributed by atoms with Crippen molar-refractivity contribution in [2.24, 2.45) is 0 Å². The molecule has 0 fully saturated rings. The standard InChI is InChI=1S/C14H17FN2O5S/c1-2-5-17(8-14(19)20)23(21,22)12-6-9-3-4-13(18)16-11(9)7-10(12)15/h6-7H,2-5,8H2,1H3,(H,16,18)(H,19,20). The minimum Gasteiger partial charge on any atom is -0.480 e. The fourth-order valence-electron chi connectivity index (χ4n) is 2.40. The first-order valence-corrected chi connectivity index (χ1v) is 8.54. The van der Waals surface area contributed by atoms with Gasteiger partial charge >= 0.3 is 5.97 Å². The topological polar surface area (TPSA) is 104 Å². The van der Waals surface area contributed by atoms with Crippen molar-refractivity contribution in [3.63, 3.8) is 0 Å². The van der Waals surface area contributed by atoms with Crippen molar-refractivity contribution in [2.45, 2.75) is 31.1 Å². The highest BCUT2D eigenvalue weighted by Gasteiger charge is 2.30. The molecule has 0 saturated carbocycles. The molecule has 1 amide bonds. The summed E-state index contributed by atoms with van der Waals surface area (Å²) in [5.41, 5.74) is 0.759. The number of carbonyl (C=O) groups excluding carboxylic acids is 1. The van der Waals surface area contributed by atoms with Crippen LogP contribution in [0.15, 0.2) is 17.0 Å². The van der Waals surface area contributed by atoms with Crippen LogP contribution in [-0.4, -0.2) is 42.8 Å². The highest BCUT2D eigenvalue weighted by atomic mass is 32.2. The van der Waals surface area contributed by atoms with E-state index in [-0.39, 0.29) is 24.6 Å². The highest BCUT2D eigenvalue weighted by molar-refractivity contribution is 7.89. The lowest BCUT2D eigenvalue weighted by atomic mass is 10.0. The molecule has 0 bridgehead atoms. The molecule has 0 aromatic heterocycles. The van der Waals surface area contributed by atoms with Gasteiger partial charge in [-0.05, 0) is 30.5 Å². The Labute approximate surface area is 133 Å². The summed E-state index contributed by atoms with van der Waals surface area (Å²) in [5.74, 6) is -2.59. The van der Waals surface area contributed by atoms with Crippen molar-refractivity contribution in [1.29, 1.82) is 0 Å². The Hall–Kier alpha value is -2.00. The molecule has 0 atom stereocenters. The maximum Gasteiger partial charge on any atom is 0.318 e. The number of carboxylic acids is 1. The van der Waals surface area contributed by atoms with Gasteiger partial charge in [0.05, 0.1) is 0 Å². The number of anilines is 1. The molecule has 1 aromatic rings. The van der Waals surface area contributed by atoms with Crippen LogP contribution in [-0.2, 0) is 26.0 Å². The van der Waals surface area contributed by atoms with E-state index in [0.29, 0.717) is 18.4 Å². The Kier molecular flexibility index (Phi) is 5.00. The summed E-state index contributed by atoms with van der Waals surface area (Å²) < 4.78 is 40.1. The zero-order valence-electron chi connectivity index (χ0n) is 12.5. The lowest BCUT2D eigenvalue weighted by Crippen LogP contribution is -2.36. The normalized spacial score (nSPS) is 14.5. The summed E-state index contributed by atoms with van der Waals surface area (Å²) in [6.45, 7) is 0.939. The molecule has 2 rings (SSSR count). The molecule has 23 heavy (non-hydrogen) atoms. The highest BCUT2D eigenvalue weighted by Crippen LogP contribution is 2.29. The Morgan fingerprint density at radius 3 is 2.70 bits per heavy atom. The number of sulfonamides is 1. The summed E-state index contributed by atoms with van der Waals surface area (Å²) in [6.07, 6.45) is 0.887. The number of halogens is 1. The van der Waals surface area contributed by atoms with Crippen molar-refractivity contribution in [2.75, 3.05) is 18.4 Å². The number of rotatable bonds is 6. The fourth-order valence-corrected chi connectivity index (χ4v) is 3.98. The van der Waals surface area contributed by atoms with Crippen LogP contribution in [0.5, 0.6) is 0 Å². The van der Waals surface area contributed by atoms with Crippen LogP contribution in [0.1, 0.15) is 25.3 Å². The van der Waals surface area contributed by atoms with Gasteiger partial charge in [-0.3, -0.25) is 9.59 Å². The quantitative estimate of drug-likeness (QED) is 0.807. The van der Waals surface area contributed by atoms with E-state index in [4.69, 9.17) is 5.11 Å². The second-order valence-corrected chi connectivity index (χ2v) is 7.13. The number of carbonyl (C=O) groups is 2. The molecule has 0 unspecified atom stereocenters. The Balaban J connectivity index is 2.46. The van der Waals surface area contributed by atoms with E-state index in [9.17, 15) is 22.4 Å². The Morgan fingerprint density at radius 2 is 2.09 bits per heavy atom. The number of carboxylic acid groups (broad SMARTS) is 1. The SMILES string of the molecule is CCCN(CC(=O)O)S(=O)(=O)c1cc2c(cc1F)NC(=O)CC2. The van der Waals surface area contributed by atoms with Gasteiger partial charge < -0.3 is 10.4 Å². The van der Waals surface area contributed by atoms with E-state index in [0.717, 1.165) is 10.4 Å². The van der Waals surface area contributed by atoms with Gasteiger partial charge in [0.1, 0.15) is 17.3 Å². The molecule has 126 valence electrons. The average Bonchev–Trinajstić information content (AvgIpc) is 2.45. The first-order chi connectivity index (χ1) is 10.8. The van der Waals surface area contributed by atoms with Crippen LogP contribution in [0.3, 0.4) is 0 Å². The zero-order valence-corrected chi connectivity index (χ0v) is 13.3. The second kappa shape index (κ2) is 6.63. The molecule has 0 saturated heterocycles. The van der Waals surface area contributed by atoms with Crippen LogP contribution in [0, 0.1) is 5.82 Å². The summed E-state index contributed by atoms with van der Waals surface area (Å²) in [6, 6.07) is 2.13. The minimum atomic E-state index is -4.27. The number of nitrogens with one attached hydrogen (secondary N) is 1. The lowest BCUT2D eigenvalue weighted by Gasteiger charge is -2.22. The molecule has 0 aliphatic carbocycles. The van der Waals surface area contributed by atoms with E-state index >= 15 is 0 Å². The van der Waals surface area contributed by atoms with Gasteiger partial charge in [-0.2, -0.15) is 4.31 Å². The van der Waals surface area contributed by atoms with Gasteiger partial charge in [-0.15, -0.1) is 0 Å². The van der Waals surface area contributed by atoms with Gasteiger partial charge in [-0.1, -0.05) is 6.92 Å². The second-order valence-electron chi connectivity index (χ2n) is 5.22. The monoisotopic (exact) mass is 344 g/mol. The molecule has 1 aromatic carbocycles. The Bertz CT molecular complexity index is 748. The number of fused-ring (bicyclic) bond motifs is 1. The molecule has 1 aliphatic heterocycles. The summed E-state index contributed by atoms with van der Waals surface area (Å²) >= 11 is 0. The Morgan fingerprint density at radius 1 is 1.39 bits per heavy atom. The van der Waals surface area contributed by atoms with Crippen LogP contribution < -0.4 is 5.32 Å². The predicted octanol–water partition coefficient (Wildman–Crippen LogP) is 1.20. The van der Waals surface area contributed by atoms with Gasteiger partial charge in [0.15, 0.2) is 0 Å². The zero-order chi connectivity index (χ0) is 17.2. The minimum absolute atomic E-state index is 0.0259. The van der Waals surface area contributed by atoms with E-state index in [2.05, 4.69) is 5.32 Å². The molecule has 9 heteroatoms. The summed E-state index contributed by atoms with van der Waals surface area (Å²) in [4.78, 5) is 21.6. The molecule has 7 nitrogen and oxygen atoms in total. The number of aryl methyl sites for hydroxylation is 1. The summed E-state index contributed by atoms with van der Waals surface area (Å²) in [5, 5.41) is 11.3. The molecule has 2 N–H and O–H groups in total.